The third-order valence-corrected chi connectivity index (χ3v) is 6.87. The van der Waals surface area contributed by atoms with Crippen molar-refractivity contribution in [3.63, 3.8) is 0 Å². The molecular weight excluding hydrogens is 418 g/mol. The van der Waals surface area contributed by atoms with Crippen molar-refractivity contribution < 1.29 is 9.53 Å². The van der Waals surface area contributed by atoms with Crippen LogP contribution < -0.4 is 0 Å². The monoisotopic (exact) mass is 471 g/mol. The molecular formula is C31H53NO2. The number of carbonyl (C=O) groups excluding carboxylic acids is 1. The number of rotatable bonds is 19. The van der Waals surface area contributed by atoms with Crippen LogP contribution in [-0.2, 0) is 16.0 Å². The zero-order valence-electron chi connectivity index (χ0n) is 23.2. The van der Waals surface area contributed by atoms with Crippen molar-refractivity contribution in [1.82, 2.24) is 0 Å². The number of ether oxygens (including phenoxy) is 1. The molecule has 0 saturated heterocycles. The van der Waals surface area contributed by atoms with Gasteiger partial charge in [-0.1, -0.05) is 130 Å². The molecule has 0 fully saturated rings. The van der Waals surface area contributed by atoms with Gasteiger partial charge in [-0.3, -0.25) is 4.99 Å². The lowest BCUT2D eigenvalue weighted by atomic mass is 9.97. The van der Waals surface area contributed by atoms with Crippen LogP contribution in [0.2, 0.25) is 0 Å². The van der Waals surface area contributed by atoms with Gasteiger partial charge < -0.3 is 4.74 Å². The van der Waals surface area contributed by atoms with E-state index in [-0.39, 0.29) is 23.8 Å². The van der Waals surface area contributed by atoms with E-state index in [1.807, 2.05) is 6.21 Å². The van der Waals surface area contributed by atoms with Gasteiger partial charge in [0.05, 0.1) is 6.61 Å². The molecule has 0 spiro atoms. The standard InChI is InChI=1S/C31H53NO2/c1-7-9-10-11-12-13-14-15-16-17-22-34-31(33)30(27(6)8-2)32-24-26(5)23-28-18-20-29(21-19-28)25(3)4/h18-21,24-27,30H,7-17,22-23H2,1-6H3. The molecule has 1 rings (SSSR count). The Morgan fingerprint density at radius 1 is 0.853 bits per heavy atom. The zero-order chi connectivity index (χ0) is 25.2. The number of carbonyl (C=O) groups is 1. The van der Waals surface area contributed by atoms with Crippen molar-refractivity contribution in [2.24, 2.45) is 16.8 Å². The molecule has 0 radical (unpaired) electrons. The highest BCUT2D eigenvalue weighted by atomic mass is 16.5. The predicted octanol–water partition coefficient (Wildman–Crippen LogP) is 8.94. The van der Waals surface area contributed by atoms with Crippen LogP contribution in [0.1, 0.15) is 129 Å². The van der Waals surface area contributed by atoms with E-state index >= 15 is 0 Å². The summed E-state index contributed by atoms with van der Waals surface area (Å²) < 4.78 is 5.63. The molecule has 0 aliphatic heterocycles. The van der Waals surface area contributed by atoms with Gasteiger partial charge >= 0.3 is 5.97 Å². The lowest BCUT2D eigenvalue weighted by Gasteiger charge is -2.18. The van der Waals surface area contributed by atoms with Gasteiger partial charge in [-0.15, -0.1) is 0 Å². The fourth-order valence-corrected chi connectivity index (χ4v) is 4.21. The molecule has 3 unspecified atom stereocenters. The number of benzene rings is 1. The van der Waals surface area contributed by atoms with E-state index in [0.29, 0.717) is 12.5 Å². The van der Waals surface area contributed by atoms with E-state index in [1.54, 1.807) is 0 Å². The minimum absolute atomic E-state index is 0.157. The zero-order valence-corrected chi connectivity index (χ0v) is 23.2. The quantitative estimate of drug-likeness (QED) is 0.115. The molecule has 0 aliphatic carbocycles. The first-order chi connectivity index (χ1) is 16.4. The van der Waals surface area contributed by atoms with Gasteiger partial charge in [0.2, 0.25) is 0 Å². The third-order valence-electron chi connectivity index (χ3n) is 6.87. The summed E-state index contributed by atoms with van der Waals surface area (Å²) in [6.45, 7) is 13.6. The molecule has 34 heavy (non-hydrogen) atoms. The molecule has 0 amide bonds. The van der Waals surface area contributed by atoms with Crippen LogP contribution in [0.4, 0.5) is 0 Å². The molecule has 0 heterocycles. The van der Waals surface area contributed by atoms with Crippen LogP contribution in [0.15, 0.2) is 29.3 Å². The van der Waals surface area contributed by atoms with Crippen LogP contribution in [0.3, 0.4) is 0 Å². The summed E-state index contributed by atoms with van der Waals surface area (Å²) in [5.41, 5.74) is 2.68. The van der Waals surface area contributed by atoms with E-state index in [4.69, 9.17) is 9.73 Å². The lowest BCUT2D eigenvalue weighted by Crippen LogP contribution is -2.29. The van der Waals surface area contributed by atoms with E-state index in [9.17, 15) is 4.79 Å². The maximum atomic E-state index is 12.7. The summed E-state index contributed by atoms with van der Waals surface area (Å²) in [7, 11) is 0. The summed E-state index contributed by atoms with van der Waals surface area (Å²) in [5, 5.41) is 0. The van der Waals surface area contributed by atoms with Crippen LogP contribution in [0.25, 0.3) is 0 Å². The lowest BCUT2D eigenvalue weighted by molar-refractivity contribution is -0.146. The predicted molar refractivity (Wildman–Crippen MR) is 148 cm³/mol. The number of hydrogen-bond donors (Lipinski definition) is 0. The summed E-state index contributed by atoms with van der Waals surface area (Å²) in [4.78, 5) is 17.4. The number of unbranched alkanes of at least 4 members (excludes halogenated alkanes) is 9. The van der Waals surface area contributed by atoms with Crippen LogP contribution in [-0.4, -0.2) is 24.8 Å². The maximum Gasteiger partial charge on any atom is 0.331 e. The molecule has 0 N–H and O–H groups in total. The first-order valence-electron chi connectivity index (χ1n) is 14.2. The normalized spacial score (nSPS) is 14.4. The first-order valence-corrected chi connectivity index (χ1v) is 14.2. The molecule has 0 saturated carbocycles. The van der Waals surface area contributed by atoms with E-state index in [0.717, 1.165) is 25.7 Å². The average Bonchev–Trinajstić information content (AvgIpc) is 2.82. The molecule has 3 nitrogen and oxygen atoms in total. The van der Waals surface area contributed by atoms with Gasteiger partial charge in [-0.25, -0.2) is 4.79 Å². The summed E-state index contributed by atoms with van der Waals surface area (Å²) in [6.07, 6.45) is 16.6. The van der Waals surface area contributed by atoms with Crippen molar-refractivity contribution in [1.29, 1.82) is 0 Å². The fourth-order valence-electron chi connectivity index (χ4n) is 4.21. The van der Waals surface area contributed by atoms with Crippen molar-refractivity contribution in [2.45, 2.75) is 131 Å². The topological polar surface area (TPSA) is 38.7 Å². The maximum absolute atomic E-state index is 12.7. The summed E-state index contributed by atoms with van der Waals surface area (Å²) >= 11 is 0. The Bertz CT molecular complexity index is 665. The largest absolute Gasteiger partial charge is 0.464 e. The van der Waals surface area contributed by atoms with E-state index in [2.05, 4.69) is 65.8 Å². The second kappa shape index (κ2) is 18.7. The third kappa shape index (κ3) is 13.3. The van der Waals surface area contributed by atoms with E-state index in [1.165, 1.54) is 62.5 Å². The molecule has 194 valence electrons. The Hall–Kier alpha value is -1.64. The van der Waals surface area contributed by atoms with Gasteiger partial charge in [0, 0.05) is 6.21 Å². The Labute approximate surface area is 211 Å². The van der Waals surface area contributed by atoms with Gasteiger partial charge in [0.25, 0.3) is 0 Å². The number of aliphatic imine (C=N–C) groups is 1. The van der Waals surface area contributed by atoms with Gasteiger partial charge in [0.1, 0.15) is 6.04 Å². The van der Waals surface area contributed by atoms with Crippen molar-refractivity contribution in [3.8, 4) is 0 Å². The first kappa shape index (κ1) is 30.4. The highest BCUT2D eigenvalue weighted by Crippen LogP contribution is 2.18. The molecule has 0 aromatic heterocycles. The molecule has 1 aromatic rings. The summed E-state index contributed by atoms with van der Waals surface area (Å²) in [5.74, 6) is 0.867. The van der Waals surface area contributed by atoms with Crippen molar-refractivity contribution in [3.05, 3.63) is 35.4 Å². The number of hydrogen-bond acceptors (Lipinski definition) is 3. The fraction of sp³-hybridized carbons (Fsp3) is 0.742. The Kier molecular flexibility index (Phi) is 16.7. The second-order valence-electron chi connectivity index (χ2n) is 10.6. The number of nitrogens with zero attached hydrogens (tertiary/aromatic N) is 1. The molecule has 1 aromatic carbocycles. The van der Waals surface area contributed by atoms with Crippen LogP contribution in [0, 0.1) is 11.8 Å². The minimum Gasteiger partial charge on any atom is -0.464 e. The molecule has 0 bridgehead atoms. The van der Waals surface area contributed by atoms with Gasteiger partial charge in [-0.05, 0) is 41.7 Å². The minimum atomic E-state index is -0.390. The summed E-state index contributed by atoms with van der Waals surface area (Å²) in [6, 6.07) is 8.48. The van der Waals surface area contributed by atoms with E-state index < -0.39 is 0 Å². The Balaban J connectivity index is 2.36. The van der Waals surface area contributed by atoms with Crippen LogP contribution >= 0.6 is 0 Å². The molecule has 3 heteroatoms. The average molecular weight is 472 g/mol. The smallest absolute Gasteiger partial charge is 0.331 e. The van der Waals surface area contributed by atoms with Gasteiger partial charge in [-0.2, -0.15) is 0 Å². The number of esters is 1. The second-order valence-corrected chi connectivity index (χ2v) is 10.6. The molecule has 3 atom stereocenters. The van der Waals surface area contributed by atoms with Gasteiger partial charge in [0.15, 0.2) is 0 Å². The Morgan fingerprint density at radius 3 is 1.94 bits per heavy atom. The van der Waals surface area contributed by atoms with Crippen molar-refractivity contribution >= 4 is 12.2 Å². The highest BCUT2D eigenvalue weighted by molar-refractivity contribution is 5.78. The molecule has 0 aliphatic rings. The van der Waals surface area contributed by atoms with Crippen molar-refractivity contribution in [2.75, 3.05) is 6.61 Å². The Morgan fingerprint density at radius 2 is 1.41 bits per heavy atom. The van der Waals surface area contributed by atoms with Crippen LogP contribution in [0.5, 0.6) is 0 Å². The SMILES string of the molecule is CCCCCCCCCCCCOC(=O)C(N=CC(C)Cc1ccc(C(C)C)cc1)C(C)CC. The highest BCUT2D eigenvalue weighted by Gasteiger charge is 2.24.